The lowest BCUT2D eigenvalue weighted by atomic mass is 9.98. The third kappa shape index (κ3) is 2.31. The zero-order valence-corrected chi connectivity index (χ0v) is 11.7. The van der Waals surface area contributed by atoms with Crippen LogP contribution in [0.25, 0.3) is 11.1 Å². The average molecular weight is 267 g/mol. The Morgan fingerprint density at radius 1 is 1.15 bits per heavy atom. The molecule has 2 aromatic rings. The number of benzene rings is 1. The number of hydrogen-bond donors (Lipinski definition) is 0. The Hall–Kier alpha value is -2.16. The van der Waals surface area contributed by atoms with Gasteiger partial charge in [0.2, 0.25) is 0 Å². The Labute approximate surface area is 118 Å². The maximum atomic E-state index is 11.8. The first-order valence-electron chi connectivity index (χ1n) is 6.92. The van der Waals surface area contributed by atoms with E-state index in [4.69, 9.17) is 4.74 Å². The molecule has 0 radical (unpaired) electrons. The molecular weight excluding hydrogens is 250 g/mol. The second kappa shape index (κ2) is 5.08. The average Bonchev–Trinajstić information content (AvgIpc) is 2.80. The molecule has 3 rings (SSSR count). The number of ether oxygens (including phenoxy) is 1. The first-order valence-corrected chi connectivity index (χ1v) is 6.92. The number of ketones is 1. The van der Waals surface area contributed by atoms with Crippen molar-refractivity contribution in [3.63, 3.8) is 0 Å². The van der Waals surface area contributed by atoms with Gasteiger partial charge in [-0.15, -0.1) is 0 Å². The third-order valence-electron chi connectivity index (χ3n) is 3.47. The normalized spacial score (nSPS) is 13.7. The van der Waals surface area contributed by atoms with Crippen molar-refractivity contribution >= 4 is 5.78 Å². The lowest BCUT2D eigenvalue weighted by Crippen LogP contribution is -2.05. The number of Topliss-reactive ketones (excluding diaryl/α,β-unsaturated/α-hetero) is 1. The molecule has 3 nitrogen and oxygen atoms in total. The van der Waals surface area contributed by atoms with E-state index >= 15 is 0 Å². The van der Waals surface area contributed by atoms with Crippen LogP contribution in [0.2, 0.25) is 0 Å². The summed E-state index contributed by atoms with van der Waals surface area (Å²) in [6.45, 7) is 3.98. The fourth-order valence-corrected chi connectivity index (χ4v) is 2.66. The van der Waals surface area contributed by atoms with E-state index in [1.807, 2.05) is 44.3 Å². The molecule has 1 aromatic heterocycles. The molecular formula is C17H17NO2. The van der Waals surface area contributed by atoms with Gasteiger partial charge in [-0.1, -0.05) is 18.2 Å². The number of hydrogen-bond acceptors (Lipinski definition) is 3. The Bertz CT molecular complexity index is 662. The first-order chi connectivity index (χ1) is 9.65. The van der Waals surface area contributed by atoms with Crippen LogP contribution in [0.3, 0.4) is 0 Å². The van der Waals surface area contributed by atoms with E-state index in [2.05, 4.69) is 4.98 Å². The Balaban J connectivity index is 2.04. The first kappa shape index (κ1) is 12.9. The molecule has 0 unspecified atom stereocenters. The third-order valence-corrected chi connectivity index (χ3v) is 3.47. The van der Waals surface area contributed by atoms with Gasteiger partial charge in [0.15, 0.2) is 5.78 Å². The van der Waals surface area contributed by atoms with Gasteiger partial charge in [0.1, 0.15) is 5.75 Å². The predicted molar refractivity (Wildman–Crippen MR) is 78.1 cm³/mol. The number of pyridine rings is 1. The van der Waals surface area contributed by atoms with Crippen LogP contribution in [0.5, 0.6) is 5.75 Å². The van der Waals surface area contributed by atoms with Gasteiger partial charge in [-0.3, -0.25) is 9.78 Å². The number of fused-ring (bicyclic) bond motifs is 1. The molecule has 0 spiro atoms. The standard InChI is InChI=1S/C17H17NO2/c1-11(2)20-13-8-12(9-18-10-13)14-4-3-5-16-15(14)6-7-17(16)19/h3-5,8-11H,6-7H2,1-2H3. The highest BCUT2D eigenvalue weighted by Gasteiger charge is 2.22. The van der Waals surface area contributed by atoms with Gasteiger partial charge in [0.05, 0.1) is 12.3 Å². The van der Waals surface area contributed by atoms with Crippen molar-refractivity contribution in [2.24, 2.45) is 0 Å². The minimum atomic E-state index is 0.120. The number of rotatable bonds is 3. The van der Waals surface area contributed by atoms with Gasteiger partial charge in [-0.25, -0.2) is 0 Å². The Morgan fingerprint density at radius 3 is 2.75 bits per heavy atom. The molecule has 0 aliphatic heterocycles. The van der Waals surface area contributed by atoms with E-state index in [0.717, 1.165) is 34.4 Å². The molecule has 3 heteroatoms. The number of carbonyl (C=O) groups excluding carboxylic acids is 1. The quantitative estimate of drug-likeness (QED) is 0.851. The molecule has 1 aromatic carbocycles. The molecule has 0 saturated carbocycles. The van der Waals surface area contributed by atoms with Gasteiger partial charge in [-0.05, 0) is 37.5 Å². The largest absolute Gasteiger partial charge is 0.489 e. The molecule has 1 aliphatic rings. The molecule has 0 saturated heterocycles. The SMILES string of the molecule is CC(C)Oc1cncc(-c2cccc3c2CCC3=O)c1. The minimum Gasteiger partial charge on any atom is -0.489 e. The summed E-state index contributed by atoms with van der Waals surface area (Å²) in [4.78, 5) is 16.1. The van der Waals surface area contributed by atoms with E-state index in [0.29, 0.717) is 6.42 Å². The molecule has 1 aliphatic carbocycles. The molecule has 1 heterocycles. The Morgan fingerprint density at radius 2 is 1.95 bits per heavy atom. The predicted octanol–water partition coefficient (Wildman–Crippen LogP) is 3.66. The van der Waals surface area contributed by atoms with Crippen LogP contribution in [0, 0.1) is 0 Å². The molecule has 0 fully saturated rings. The van der Waals surface area contributed by atoms with Crippen molar-refractivity contribution in [1.82, 2.24) is 4.98 Å². The second-order valence-corrected chi connectivity index (χ2v) is 5.33. The summed E-state index contributed by atoms with van der Waals surface area (Å²) < 4.78 is 5.69. The van der Waals surface area contributed by atoms with Crippen LogP contribution in [-0.4, -0.2) is 16.9 Å². The van der Waals surface area contributed by atoms with E-state index in [1.165, 1.54) is 0 Å². The summed E-state index contributed by atoms with van der Waals surface area (Å²) in [7, 11) is 0. The highest BCUT2D eigenvalue weighted by atomic mass is 16.5. The second-order valence-electron chi connectivity index (χ2n) is 5.33. The minimum absolute atomic E-state index is 0.120. The highest BCUT2D eigenvalue weighted by Crippen LogP contribution is 2.33. The summed E-state index contributed by atoms with van der Waals surface area (Å²) in [5, 5.41) is 0. The zero-order valence-electron chi connectivity index (χ0n) is 11.7. The molecule has 0 amide bonds. The summed E-state index contributed by atoms with van der Waals surface area (Å²) in [5.74, 6) is 1.00. The number of carbonyl (C=O) groups is 1. The smallest absolute Gasteiger partial charge is 0.163 e. The fraction of sp³-hybridized carbons (Fsp3) is 0.294. The zero-order chi connectivity index (χ0) is 14.1. The molecule has 102 valence electrons. The van der Waals surface area contributed by atoms with Gasteiger partial charge >= 0.3 is 0 Å². The lowest BCUT2D eigenvalue weighted by Gasteiger charge is -2.12. The lowest BCUT2D eigenvalue weighted by molar-refractivity contribution is 0.0994. The summed E-state index contributed by atoms with van der Waals surface area (Å²) in [5.41, 5.74) is 4.10. The maximum Gasteiger partial charge on any atom is 0.163 e. The highest BCUT2D eigenvalue weighted by molar-refractivity contribution is 6.02. The Kier molecular flexibility index (Phi) is 3.26. The van der Waals surface area contributed by atoms with Crippen LogP contribution < -0.4 is 4.74 Å². The van der Waals surface area contributed by atoms with E-state index in [9.17, 15) is 4.79 Å². The van der Waals surface area contributed by atoms with Crippen LogP contribution in [0.15, 0.2) is 36.7 Å². The fourth-order valence-electron chi connectivity index (χ4n) is 2.66. The van der Waals surface area contributed by atoms with Gasteiger partial charge in [0.25, 0.3) is 0 Å². The van der Waals surface area contributed by atoms with E-state index < -0.39 is 0 Å². The molecule has 0 bridgehead atoms. The molecule has 0 atom stereocenters. The molecule has 20 heavy (non-hydrogen) atoms. The summed E-state index contributed by atoms with van der Waals surface area (Å²) >= 11 is 0. The van der Waals surface area contributed by atoms with Crippen molar-refractivity contribution in [3.8, 4) is 16.9 Å². The van der Waals surface area contributed by atoms with Gasteiger partial charge in [0, 0.05) is 23.7 Å². The maximum absolute atomic E-state index is 11.8. The van der Waals surface area contributed by atoms with Crippen molar-refractivity contribution in [3.05, 3.63) is 47.8 Å². The topological polar surface area (TPSA) is 39.2 Å². The number of nitrogens with zero attached hydrogens (tertiary/aromatic N) is 1. The van der Waals surface area contributed by atoms with Gasteiger partial charge in [-0.2, -0.15) is 0 Å². The van der Waals surface area contributed by atoms with Crippen molar-refractivity contribution in [2.75, 3.05) is 0 Å². The molecule has 0 N–H and O–H groups in total. The van der Waals surface area contributed by atoms with Crippen LogP contribution in [0.4, 0.5) is 0 Å². The van der Waals surface area contributed by atoms with E-state index in [1.54, 1.807) is 6.20 Å². The number of aromatic nitrogens is 1. The van der Waals surface area contributed by atoms with Crippen LogP contribution in [0.1, 0.15) is 36.2 Å². The van der Waals surface area contributed by atoms with Crippen molar-refractivity contribution in [1.29, 1.82) is 0 Å². The van der Waals surface area contributed by atoms with Gasteiger partial charge < -0.3 is 4.74 Å². The summed E-state index contributed by atoms with van der Waals surface area (Å²) in [6, 6.07) is 7.89. The van der Waals surface area contributed by atoms with Crippen molar-refractivity contribution in [2.45, 2.75) is 32.8 Å². The van der Waals surface area contributed by atoms with Crippen LogP contribution >= 0.6 is 0 Å². The monoisotopic (exact) mass is 267 g/mol. The summed E-state index contributed by atoms with van der Waals surface area (Å²) in [6.07, 6.45) is 5.10. The van der Waals surface area contributed by atoms with E-state index in [-0.39, 0.29) is 11.9 Å². The van der Waals surface area contributed by atoms with Crippen molar-refractivity contribution < 1.29 is 9.53 Å². The van der Waals surface area contributed by atoms with Crippen LogP contribution in [-0.2, 0) is 6.42 Å².